The van der Waals surface area contributed by atoms with Crippen LogP contribution >= 0.6 is 11.6 Å². The molecule has 0 saturated heterocycles. The number of amides is 2. The molecule has 0 fully saturated rings. The molecule has 0 radical (unpaired) electrons. The fraction of sp³-hybridized carbons (Fsp3) is 0.467. The topological polar surface area (TPSA) is 72.2 Å². The lowest BCUT2D eigenvalue weighted by Crippen LogP contribution is -2.44. The fourth-order valence-electron chi connectivity index (χ4n) is 1.94. The smallest absolute Gasteiger partial charge is 0.253 e. The predicted octanol–water partition coefficient (Wildman–Crippen LogP) is 2.89. The lowest BCUT2D eigenvalue weighted by Gasteiger charge is -2.15. The highest BCUT2D eigenvalue weighted by Crippen LogP contribution is 2.15. The van der Waals surface area contributed by atoms with Gasteiger partial charge in [0.1, 0.15) is 6.04 Å². The molecule has 1 rings (SSSR count). The van der Waals surface area contributed by atoms with Crippen molar-refractivity contribution in [3.8, 4) is 0 Å². The van der Waals surface area contributed by atoms with Gasteiger partial charge in [0.2, 0.25) is 5.91 Å². The Kier molecular flexibility index (Phi) is 7.09. The summed E-state index contributed by atoms with van der Waals surface area (Å²) in [7, 11) is 0. The third kappa shape index (κ3) is 5.21. The number of primary amides is 1. The first kappa shape index (κ1) is 16.5. The first-order chi connectivity index (χ1) is 9.56. The summed E-state index contributed by atoms with van der Waals surface area (Å²) in [6.07, 6.45) is 4.69. The molecular formula is C15H21ClN2O2. The second-order valence-corrected chi connectivity index (χ2v) is 5.16. The molecule has 0 aromatic heterocycles. The fourth-order valence-corrected chi connectivity index (χ4v) is 2.16. The van der Waals surface area contributed by atoms with Crippen LogP contribution in [0.15, 0.2) is 24.3 Å². The largest absolute Gasteiger partial charge is 0.368 e. The lowest BCUT2D eigenvalue weighted by molar-refractivity contribution is -0.120. The van der Waals surface area contributed by atoms with Crippen LogP contribution in [0.2, 0.25) is 5.02 Å². The molecule has 0 heterocycles. The van der Waals surface area contributed by atoms with Gasteiger partial charge in [-0.3, -0.25) is 9.59 Å². The van der Waals surface area contributed by atoms with Gasteiger partial charge in [0.15, 0.2) is 0 Å². The molecule has 3 N–H and O–H groups in total. The molecule has 1 aromatic carbocycles. The van der Waals surface area contributed by atoms with E-state index < -0.39 is 11.9 Å². The molecule has 110 valence electrons. The van der Waals surface area contributed by atoms with Crippen molar-refractivity contribution in [2.24, 2.45) is 5.73 Å². The van der Waals surface area contributed by atoms with Crippen molar-refractivity contribution in [1.82, 2.24) is 5.32 Å². The Morgan fingerprint density at radius 3 is 2.55 bits per heavy atom. The number of unbranched alkanes of at least 4 members (excludes halogenated alkanes) is 3. The number of carbonyl (C=O) groups excluding carboxylic acids is 2. The normalized spacial score (nSPS) is 11.9. The maximum Gasteiger partial charge on any atom is 0.253 e. The SMILES string of the molecule is CCCCCC[C@@H](NC(=O)c1ccccc1Cl)C(N)=O. The molecule has 5 heteroatoms. The van der Waals surface area contributed by atoms with Gasteiger partial charge < -0.3 is 11.1 Å². The summed E-state index contributed by atoms with van der Waals surface area (Å²) in [6, 6.07) is 6.08. The van der Waals surface area contributed by atoms with Gasteiger partial charge in [0.25, 0.3) is 5.91 Å². The van der Waals surface area contributed by atoms with Crippen LogP contribution in [0.4, 0.5) is 0 Å². The van der Waals surface area contributed by atoms with E-state index in [9.17, 15) is 9.59 Å². The minimum atomic E-state index is -0.643. The Bertz CT molecular complexity index is 463. The van der Waals surface area contributed by atoms with E-state index in [0.29, 0.717) is 17.0 Å². The number of hydrogen-bond donors (Lipinski definition) is 2. The number of halogens is 1. The van der Waals surface area contributed by atoms with E-state index in [-0.39, 0.29) is 5.91 Å². The zero-order chi connectivity index (χ0) is 15.0. The number of carbonyl (C=O) groups is 2. The second kappa shape index (κ2) is 8.59. The number of nitrogens with two attached hydrogens (primary N) is 1. The lowest BCUT2D eigenvalue weighted by atomic mass is 10.1. The van der Waals surface area contributed by atoms with Gasteiger partial charge in [-0.15, -0.1) is 0 Å². The average Bonchev–Trinajstić information content (AvgIpc) is 2.42. The highest BCUT2D eigenvalue weighted by molar-refractivity contribution is 6.33. The Morgan fingerprint density at radius 1 is 1.25 bits per heavy atom. The van der Waals surface area contributed by atoms with E-state index in [1.54, 1.807) is 24.3 Å². The monoisotopic (exact) mass is 296 g/mol. The van der Waals surface area contributed by atoms with Gasteiger partial charge in [0, 0.05) is 0 Å². The molecule has 0 aliphatic rings. The van der Waals surface area contributed by atoms with Gasteiger partial charge in [-0.1, -0.05) is 56.3 Å². The summed E-state index contributed by atoms with van der Waals surface area (Å²) in [5.74, 6) is -0.878. The maximum atomic E-state index is 12.1. The zero-order valence-corrected chi connectivity index (χ0v) is 12.5. The Balaban J connectivity index is 2.59. The number of rotatable bonds is 8. The second-order valence-electron chi connectivity index (χ2n) is 4.76. The van der Waals surface area contributed by atoms with E-state index in [4.69, 9.17) is 17.3 Å². The van der Waals surface area contributed by atoms with E-state index >= 15 is 0 Å². The van der Waals surface area contributed by atoms with Crippen LogP contribution in [0.25, 0.3) is 0 Å². The minimum absolute atomic E-state index is 0.356. The number of benzene rings is 1. The van der Waals surface area contributed by atoms with Crippen molar-refractivity contribution in [3.63, 3.8) is 0 Å². The van der Waals surface area contributed by atoms with E-state index in [0.717, 1.165) is 25.7 Å². The summed E-state index contributed by atoms with van der Waals surface area (Å²) in [5.41, 5.74) is 5.68. The molecule has 4 nitrogen and oxygen atoms in total. The van der Waals surface area contributed by atoms with Crippen LogP contribution in [0.1, 0.15) is 49.4 Å². The van der Waals surface area contributed by atoms with Crippen LogP contribution in [0, 0.1) is 0 Å². The Labute approximate surface area is 124 Å². The van der Waals surface area contributed by atoms with Crippen molar-refractivity contribution < 1.29 is 9.59 Å². The molecule has 0 aliphatic heterocycles. The molecule has 1 aromatic rings. The van der Waals surface area contributed by atoms with Crippen LogP contribution in [-0.2, 0) is 4.79 Å². The molecule has 2 amide bonds. The zero-order valence-electron chi connectivity index (χ0n) is 11.7. The predicted molar refractivity (Wildman–Crippen MR) is 80.7 cm³/mol. The van der Waals surface area contributed by atoms with Crippen molar-refractivity contribution in [3.05, 3.63) is 34.9 Å². The Hall–Kier alpha value is -1.55. The van der Waals surface area contributed by atoms with Crippen LogP contribution < -0.4 is 11.1 Å². The van der Waals surface area contributed by atoms with E-state index in [1.807, 2.05) is 0 Å². The molecule has 0 saturated carbocycles. The van der Waals surface area contributed by atoms with Gasteiger partial charge in [0.05, 0.1) is 10.6 Å². The molecule has 1 atom stereocenters. The third-order valence-electron chi connectivity index (χ3n) is 3.11. The molecule has 0 spiro atoms. The maximum absolute atomic E-state index is 12.1. The first-order valence-electron chi connectivity index (χ1n) is 6.91. The third-order valence-corrected chi connectivity index (χ3v) is 3.44. The van der Waals surface area contributed by atoms with Crippen molar-refractivity contribution in [2.45, 2.75) is 45.1 Å². The minimum Gasteiger partial charge on any atom is -0.368 e. The van der Waals surface area contributed by atoms with E-state index in [2.05, 4.69) is 12.2 Å². The van der Waals surface area contributed by atoms with E-state index in [1.165, 1.54) is 0 Å². The highest BCUT2D eigenvalue weighted by Gasteiger charge is 2.19. The van der Waals surface area contributed by atoms with Gasteiger partial charge in [-0.05, 0) is 18.6 Å². The van der Waals surface area contributed by atoms with Crippen molar-refractivity contribution >= 4 is 23.4 Å². The molecular weight excluding hydrogens is 276 g/mol. The standard InChI is InChI=1S/C15H21ClN2O2/c1-2-3-4-5-10-13(14(17)19)18-15(20)11-8-6-7-9-12(11)16/h6-9,13H,2-5,10H2,1H3,(H2,17,19)(H,18,20)/t13-/m1/s1. The summed E-state index contributed by atoms with van der Waals surface area (Å²) in [6.45, 7) is 2.12. The summed E-state index contributed by atoms with van der Waals surface area (Å²) in [4.78, 5) is 23.5. The Morgan fingerprint density at radius 2 is 1.95 bits per heavy atom. The van der Waals surface area contributed by atoms with Gasteiger partial charge >= 0.3 is 0 Å². The quantitative estimate of drug-likeness (QED) is 0.724. The highest BCUT2D eigenvalue weighted by atomic mass is 35.5. The summed E-state index contributed by atoms with van der Waals surface area (Å²) < 4.78 is 0. The van der Waals surface area contributed by atoms with Crippen molar-refractivity contribution in [2.75, 3.05) is 0 Å². The molecule has 20 heavy (non-hydrogen) atoms. The average molecular weight is 297 g/mol. The van der Waals surface area contributed by atoms with Crippen LogP contribution in [0.3, 0.4) is 0 Å². The van der Waals surface area contributed by atoms with Crippen LogP contribution in [0.5, 0.6) is 0 Å². The number of nitrogens with one attached hydrogen (secondary N) is 1. The summed E-state index contributed by atoms with van der Waals surface area (Å²) >= 11 is 5.95. The molecule has 0 aliphatic carbocycles. The molecule has 0 unspecified atom stereocenters. The van der Waals surface area contributed by atoms with Crippen LogP contribution in [-0.4, -0.2) is 17.9 Å². The summed E-state index contributed by atoms with van der Waals surface area (Å²) in [5, 5.41) is 3.01. The van der Waals surface area contributed by atoms with Crippen molar-refractivity contribution in [1.29, 1.82) is 0 Å². The number of hydrogen-bond acceptors (Lipinski definition) is 2. The van der Waals surface area contributed by atoms with Gasteiger partial charge in [-0.25, -0.2) is 0 Å². The first-order valence-corrected chi connectivity index (χ1v) is 7.28. The molecule has 0 bridgehead atoms. The van der Waals surface area contributed by atoms with Gasteiger partial charge in [-0.2, -0.15) is 0 Å².